The maximum absolute atomic E-state index is 15.3. The number of carbonyl (C=O) groups excluding carboxylic acids is 14. The highest BCUT2D eigenvalue weighted by Gasteiger charge is 2.42. The number of nitrogens with zero attached hydrogens (tertiary/aromatic N) is 3. The summed E-state index contributed by atoms with van der Waals surface area (Å²) in [4.78, 5) is 240. The minimum atomic E-state index is -1.62. The Kier molecular flexibility index (Phi) is 46.8. The number of thioether (sulfide) groups is 2. The number of hydrogen-bond donors (Lipinski definition) is 25. The number of nitrogens with one attached hydrogen (secondary N) is 17. The van der Waals surface area contributed by atoms with Crippen LogP contribution in [-0.4, -0.2) is 287 Å². The minimum Gasteiger partial charge on any atom is -0.508 e. The number of phenols is 2. The van der Waals surface area contributed by atoms with Gasteiger partial charge >= 0.3 is 11.9 Å². The molecule has 29 N–H and O–H groups in total. The Hall–Kier alpha value is -12.2. The minimum absolute atomic E-state index is 0.0140. The van der Waals surface area contributed by atoms with Crippen LogP contribution in [-0.2, 0) is 102 Å². The highest BCUT2D eigenvalue weighted by Crippen LogP contribution is 2.23. The molecule has 3 heterocycles. The summed E-state index contributed by atoms with van der Waals surface area (Å²) in [5.74, 6) is -15.8. The number of hydrogen-bond acceptors (Lipinski definition) is 26. The molecule has 0 aliphatic carbocycles. The van der Waals surface area contributed by atoms with Gasteiger partial charge in [-0.1, -0.05) is 52.0 Å². The molecule has 46 heteroatoms. The SMILES string of the molecule is CSCC[C@H](NC(=O)[C@H](CCCCN)NC(=O)[C@H](Cc1c[nH]cn1)NC(=O)CNC(=O)[C@H](CCCCN)NC(=O)[C@H](C)NC(=O)[C@@H](NC(=O)[C@@H](N)CCCNC(=N)N)C(C)C)C(=O)N[C@@H](Cc1c[nH]cn1)C(=O)N[C@@H](Cc1ccc(O)cc1)C(=O)N1CCC[C@H]1C(=O)N[C@@H](CCSC)C(=O)N[C@H](C(=O)N[C@@H](CCC(=O)O)C(=O)N[C@@H](Cc1ccc(O)cc1)C(=O)O)C(C)C. The van der Waals surface area contributed by atoms with Crippen molar-refractivity contribution in [1.29, 1.82) is 5.41 Å². The molecule has 129 heavy (non-hydrogen) atoms. The molecule has 0 unspecified atom stereocenters. The molecule has 0 spiro atoms. The van der Waals surface area contributed by atoms with E-state index in [1.54, 1.807) is 40.2 Å². The lowest BCUT2D eigenvalue weighted by molar-refractivity contribution is -0.143. The van der Waals surface area contributed by atoms with E-state index >= 15 is 9.59 Å². The lowest BCUT2D eigenvalue weighted by Crippen LogP contribution is -2.61. The van der Waals surface area contributed by atoms with Crippen LogP contribution in [0.25, 0.3) is 0 Å². The highest BCUT2D eigenvalue weighted by molar-refractivity contribution is 7.98. The molecule has 712 valence electrons. The summed E-state index contributed by atoms with van der Waals surface area (Å²) >= 11 is 2.64. The summed E-state index contributed by atoms with van der Waals surface area (Å²) in [5, 5.41) is 83.8. The molecule has 0 bridgehead atoms. The van der Waals surface area contributed by atoms with E-state index in [0.717, 1.165) is 0 Å². The molecular weight excluding hydrogens is 1720 g/mol. The van der Waals surface area contributed by atoms with Crippen molar-refractivity contribution >= 4 is 124 Å². The molecule has 5 rings (SSSR count). The number of benzene rings is 2. The number of aliphatic carboxylic acids is 2. The second kappa shape index (κ2) is 56.2. The van der Waals surface area contributed by atoms with Gasteiger partial charge in [0.1, 0.15) is 90.0 Å². The van der Waals surface area contributed by atoms with Crippen molar-refractivity contribution in [3.63, 3.8) is 0 Å². The quantitative estimate of drug-likeness (QED) is 0.0115. The lowest BCUT2D eigenvalue weighted by atomic mass is 10.0. The summed E-state index contributed by atoms with van der Waals surface area (Å²) in [5.41, 5.74) is 24.5. The zero-order chi connectivity index (χ0) is 95.4. The zero-order valence-electron chi connectivity index (χ0n) is 73.6. The molecule has 1 aliphatic rings. The van der Waals surface area contributed by atoms with Gasteiger partial charge in [0.2, 0.25) is 82.7 Å². The maximum Gasteiger partial charge on any atom is 0.326 e. The molecular formula is C83H128N24O20S2. The third-order valence-electron chi connectivity index (χ3n) is 21.0. The van der Waals surface area contributed by atoms with Crippen molar-refractivity contribution < 1.29 is 97.1 Å². The molecule has 44 nitrogen and oxygen atoms in total. The summed E-state index contributed by atoms with van der Waals surface area (Å²) in [7, 11) is 0. The van der Waals surface area contributed by atoms with E-state index < -0.39 is 210 Å². The van der Waals surface area contributed by atoms with E-state index in [1.807, 2.05) is 0 Å². The largest absolute Gasteiger partial charge is 0.508 e. The number of imidazole rings is 2. The van der Waals surface area contributed by atoms with Crippen molar-refractivity contribution in [3.05, 3.63) is 96.1 Å². The van der Waals surface area contributed by atoms with Crippen molar-refractivity contribution in [1.82, 2.24) is 99.3 Å². The average Bonchev–Trinajstić information content (AvgIpc) is 1.71. The zero-order valence-corrected chi connectivity index (χ0v) is 75.3. The molecule has 1 fully saturated rings. The monoisotopic (exact) mass is 1840 g/mol. The van der Waals surface area contributed by atoms with Crippen LogP contribution in [0.1, 0.15) is 147 Å². The fourth-order valence-electron chi connectivity index (χ4n) is 13.7. The number of likely N-dealkylation sites (tertiary alicyclic amines) is 1. The second-order valence-electron chi connectivity index (χ2n) is 32.0. The first-order valence-corrected chi connectivity index (χ1v) is 45.5. The van der Waals surface area contributed by atoms with Crippen LogP contribution in [0.15, 0.2) is 73.6 Å². The van der Waals surface area contributed by atoms with Gasteiger partial charge in [-0.25, -0.2) is 14.8 Å². The second-order valence-corrected chi connectivity index (χ2v) is 33.9. The number of aromatic amines is 2. The first-order chi connectivity index (χ1) is 61.4. The van der Waals surface area contributed by atoms with Crippen molar-refractivity contribution in [2.75, 3.05) is 56.7 Å². The van der Waals surface area contributed by atoms with Gasteiger partial charge in [0.05, 0.1) is 36.6 Å². The van der Waals surface area contributed by atoms with Gasteiger partial charge in [-0.2, -0.15) is 23.5 Å². The van der Waals surface area contributed by atoms with Gasteiger partial charge in [0.15, 0.2) is 5.96 Å². The third kappa shape index (κ3) is 38.0. The van der Waals surface area contributed by atoms with Crippen LogP contribution in [0.5, 0.6) is 11.5 Å². The van der Waals surface area contributed by atoms with Crippen LogP contribution in [0, 0.1) is 17.2 Å². The van der Waals surface area contributed by atoms with Gasteiger partial charge < -0.3 is 133 Å². The van der Waals surface area contributed by atoms with Gasteiger partial charge in [-0.15, -0.1) is 0 Å². The molecule has 2 aromatic carbocycles. The standard InChI is InChI=1S/C83H128N24O20S2/c1-45(2)67(105-70(114)54(86)14-12-32-91-83(87)88)79(123)95-47(5)69(113)97-55(15-8-10-30-84)71(115)92-42-65(110)96-60(38-50-40-89-43-93-50)76(120)98-56(16-9-11-31-85)72(116)99-58(28-34-128-6)74(118)102-61(39-51-41-90-44-94-51)77(121)103-62(36-48-18-22-52(108)23-19-48)81(125)107-33-13-17-64(107)78(122)100-59(29-35-129-7)75(119)106-68(46(3)4)80(124)101-57(26-27-66(111)112)73(117)104-63(82(126)127)37-49-20-24-53(109)25-21-49/h18-25,40-41,43-47,54-64,67-68,108-109H,8-17,26-39,42,84-86H2,1-7H3,(H,89,93)(H,90,94)(H,92,115)(H,95,123)(H,96,110)(H,97,113)(H,98,120)(H,99,116)(H,100,122)(H,101,124)(H,102,118)(H,103,121)(H,104,117)(H,105,114)(H,106,119)(H,111,112)(H,126,127)(H4,87,88,91)/t47-,54-,55-,56-,57-,58-,59-,60-,61-,62-,63-,64-,67-,68-/m0/s1. The number of rotatable bonds is 59. The number of unbranched alkanes of at least 4 members (excludes halogenated alkanes) is 2. The van der Waals surface area contributed by atoms with E-state index in [2.05, 4.69) is 94.4 Å². The summed E-state index contributed by atoms with van der Waals surface area (Å²) in [6.45, 7) is 7.78. The Balaban J connectivity index is 1.34. The molecule has 1 saturated heterocycles. The number of nitrogens with two attached hydrogens (primary N) is 4. The van der Waals surface area contributed by atoms with Crippen LogP contribution < -0.4 is 97.4 Å². The normalized spacial score (nSPS) is 15.4. The number of aromatic nitrogens is 4. The van der Waals surface area contributed by atoms with E-state index in [0.29, 0.717) is 36.8 Å². The maximum atomic E-state index is 15.3. The van der Waals surface area contributed by atoms with Crippen LogP contribution in [0.2, 0.25) is 0 Å². The summed E-state index contributed by atoms with van der Waals surface area (Å²) in [6, 6.07) is -8.11. The summed E-state index contributed by atoms with van der Waals surface area (Å²) < 4.78 is 0. The summed E-state index contributed by atoms with van der Waals surface area (Å²) in [6.07, 6.45) is 9.09. The molecule has 2 aromatic heterocycles. The molecule has 0 radical (unpaired) electrons. The number of phenolic OH excluding ortho intramolecular Hbond substituents is 2. The van der Waals surface area contributed by atoms with Gasteiger partial charge in [-0.3, -0.25) is 77.3 Å². The van der Waals surface area contributed by atoms with Gasteiger partial charge in [0.25, 0.3) is 0 Å². The third-order valence-corrected chi connectivity index (χ3v) is 22.3. The smallest absolute Gasteiger partial charge is 0.326 e. The predicted octanol–water partition coefficient (Wildman–Crippen LogP) is -3.62. The van der Waals surface area contributed by atoms with Crippen molar-refractivity contribution in [2.24, 2.45) is 34.8 Å². The predicted molar refractivity (Wildman–Crippen MR) is 478 cm³/mol. The van der Waals surface area contributed by atoms with Crippen molar-refractivity contribution in [2.45, 2.75) is 235 Å². The number of aromatic hydroxyl groups is 2. The fourth-order valence-corrected chi connectivity index (χ4v) is 14.6. The molecule has 14 atom stereocenters. The van der Waals surface area contributed by atoms with Gasteiger partial charge in [0, 0.05) is 57.6 Å². The van der Waals surface area contributed by atoms with E-state index in [9.17, 15) is 87.5 Å². The molecule has 14 amide bonds. The van der Waals surface area contributed by atoms with Crippen LogP contribution in [0.3, 0.4) is 0 Å². The number of carboxylic acids is 2. The number of carboxylic acid groups (broad SMARTS) is 2. The highest BCUT2D eigenvalue weighted by atomic mass is 32.2. The number of amides is 14. The number of carbonyl (C=O) groups is 16. The number of guanidine groups is 1. The molecule has 4 aromatic rings. The Morgan fingerprint density at radius 3 is 1.39 bits per heavy atom. The van der Waals surface area contributed by atoms with E-state index in [1.165, 1.54) is 109 Å². The first kappa shape index (κ1) is 107. The number of H-pyrrole nitrogens is 2. The molecule has 1 aliphatic heterocycles. The van der Waals surface area contributed by atoms with Crippen molar-refractivity contribution in [3.8, 4) is 11.5 Å². The first-order valence-electron chi connectivity index (χ1n) is 42.8. The van der Waals surface area contributed by atoms with Gasteiger partial charge in [-0.05, 0) is 175 Å². The van der Waals surface area contributed by atoms with Crippen LogP contribution in [0.4, 0.5) is 0 Å². The lowest BCUT2D eigenvalue weighted by Gasteiger charge is -2.31. The Morgan fingerprint density at radius 1 is 0.481 bits per heavy atom. The van der Waals surface area contributed by atoms with E-state index in [4.69, 9.17) is 28.3 Å². The van der Waals surface area contributed by atoms with Crippen LogP contribution >= 0.6 is 23.5 Å². The molecule has 0 saturated carbocycles. The average molecular weight is 1850 g/mol. The Bertz CT molecular complexity index is 4340. The Labute approximate surface area is 756 Å². The van der Waals surface area contributed by atoms with E-state index in [-0.39, 0.29) is 144 Å². The fraction of sp³-hybridized carbons (Fsp3) is 0.578. The topological polar surface area (TPSA) is 711 Å². The Morgan fingerprint density at radius 2 is 0.907 bits per heavy atom.